The quantitative estimate of drug-likeness (QED) is 0.833. The largest absolute Gasteiger partial charge is 0.435 e. The lowest BCUT2D eigenvalue weighted by atomic mass is 10.0. The summed E-state index contributed by atoms with van der Waals surface area (Å²) in [5.74, 6) is -0.277. The molecular formula is C13H17F2NO3. The van der Waals surface area contributed by atoms with Crippen molar-refractivity contribution in [3.05, 3.63) is 29.8 Å². The van der Waals surface area contributed by atoms with Gasteiger partial charge in [-0.05, 0) is 30.2 Å². The second-order valence-corrected chi connectivity index (χ2v) is 4.41. The zero-order valence-electron chi connectivity index (χ0n) is 10.8. The fraction of sp³-hybridized carbons (Fsp3) is 0.462. The zero-order chi connectivity index (χ0) is 14.4. The van der Waals surface area contributed by atoms with E-state index in [4.69, 9.17) is 5.11 Å². The molecule has 0 spiro atoms. The number of aliphatic hydroxyl groups is 1. The Kier molecular flexibility index (Phi) is 5.69. The van der Waals surface area contributed by atoms with Gasteiger partial charge in [-0.2, -0.15) is 8.78 Å². The number of amides is 1. The zero-order valence-corrected chi connectivity index (χ0v) is 10.8. The fourth-order valence-corrected chi connectivity index (χ4v) is 1.46. The van der Waals surface area contributed by atoms with Crippen molar-refractivity contribution in [3.63, 3.8) is 0 Å². The minimum absolute atomic E-state index is 0.00545. The standard InChI is InChI=1S/C13H17F2NO3/c1-8(2)11(7-17)16-12(18)9-3-5-10(6-4-9)19-13(14)15/h3-6,8,11,13,17H,7H2,1-2H3,(H,16,18). The lowest BCUT2D eigenvalue weighted by Gasteiger charge is -2.19. The lowest BCUT2D eigenvalue weighted by Crippen LogP contribution is -2.41. The number of benzene rings is 1. The second-order valence-electron chi connectivity index (χ2n) is 4.41. The maximum atomic E-state index is 12.0. The third-order valence-corrected chi connectivity index (χ3v) is 2.66. The van der Waals surface area contributed by atoms with Gasteiger partial charge < -0.3 is 15.2 Å². The number of carbonyl (C=O) groups excluding carboxylic acids is 1. The summed E-state index contributed by atoms with van der Waals surface area (Å²) < 4.78 is 28.1. The van der Waals surface area contributed by atoms with Crippen molar-refractivity contribution in [2.75, 3.05) is 6.61 Å². The molecule has 1 rings (SSSR count). The molecule has 0 fully saturated rings. The highest BCUT2D eigenvalue weighted by Gasteiger charge is 2.16. The summed E-state index contributed by atoms with van der Waals surface area (Å²) in [6.07, 6.45) is 0. The van der Waals surface area contributed by atoms with Gasteiger partial charge in [0, 0.05) is 5.56 Å². The average molecular weight is 273 g/mol. The number of alkyl halides is 2. The number of ether oxygens (including phenoxy) is 1. The molecule has 0 aliphatic carbocycles. The van der Waals surface area contributed by atoms with Gasteiger partial charge in [0.15, 0.2) is 0 Å². The highest BCUT2D eigenvalue weighted by molar-refractivity contribution is 5.94. The molecule has 0 aliphatic rings. The highest BCUT2D eigenvalue weighted by atomic mass is 19.3. The molecule has 1 aromatic carbocycles. The summed E-state index contributed by atoms with van der Waals surface area (Å²) in [4.78, 5) is 11.8. The number of nitrogens with one attached hydrogen (secondary N) is 1. The predicted molar refractivity (Wildman–Crippen MR) is 66.3 cm³/mol. The molecule has 6 heteroatoms. The van der Waals surface area contributed by atoms with Gasteiger partial charge >= 0.3 is 6.61 Å². The van der Waals surface area contributed by atoms with Crippen molar-refractivity contribution < 1.29 is 23.4 Å². The van der Waals surface area contributed by atoms with Crippen molar-refractivity contribution in [3.8, 4) is 5.75 Å². The van der Waals surface area contributed by atoms with Crippen LogP contribution in [0.5, 0.6) is 5.75 Å². The minimum Gasteiger partial charge on any atom is -0.435 e. The number of hydrogen-bond acceptors (Lipinski definition) is 3. The van der Waals surface area contributed by atoms with E-state index in [0.29, 0.717) is 5.56 Å². The van der Waals surface area contributed by atoms with Crippen molar-refractivity contribution in [1.82, 2.24) is 5.32 Å². The molecule has 0 aromatic heterocycles. The Labute approximate surface area is 110 Å². The first-order valence-corrected chi connectivity index (χ1v) is 5.90. The smallest absolute Gasteiger partial charge is 0.387 e. The van der Waals surface area contributed by atoms with Crippen LogP contribution in [0.4, 0.5) is 8.78 Å². The van der Waals surface area contributed by atoms with Gasteiger partial charge in [-0.15, -0.1) is 0 Å². The molecule has 1 unspecified atom stereocenters. The van der Waals surface area contributed by atoms with Gasteiger partial charge in [-0.25, -0.2) is 0 Å². The number of hydrogen-bond donors (Lipinski definition) is 2. The predicted octanol–water partition coefficient (Wildman–Crippen LogP) is 2.03. The van der Waals surface area contributed by atoms with E-state index in [1.165, 1.54) is 24.3 Å². The second kappa shape index (κ2) is 7.04. The maximum Gasteiger partial charge on any atom is 0.387 e. The van der Waals surface area contributed by atoms with Crippen LogP contribution < -0.4 is 10.1 Å². The normalized spacial score (nSPS) is 12.6. The van der Waals surface area contributed by atoms with Crippen LogP contribution in [0.3, 0.4) is 0 Å². The third-order valence-electron chi connectivity index (χ3n) is 2.66. The van der Waals surface area contributed by atoms with Crippen LogP contribution in [0.25, 0.3) is 0 Å². The summed E-state index contributed by atoms with van der Waals surface area (Å²) in [5.41, 5.74) is 0.320. The Bertz CT molecular complexity index is 407. The van der Waals surface area contributed by atoms with Gasteiger partial charge in [-0.3, -0.25) is 4.79 Å². The summed E-state index contributed by atoms with van der Waals surface area (Å²) in [7, 11) is 0. The van der Waals surface area contributed by atoms with E-state index in [2.05, 4.69) is 10.1 Å². The summed E-state index contributed by atoms with van der Waals surface area (Å²) >= 11 is 0. The first-order valence-electron chi connectivity index (χ1n) is 5.90. The number of halogens is 2. The monoisotopic (exact) mass is 273 g/mol. The van der Waals surface area contributed by atoms with Crippen LogP contribution in [-0.2, 0) is 0 Å². The molecule has 0 saturated heterocycles. The minimum atomic E-state index is -2.89. The van der Waals surface area contributed by atoms with E-state index in [1.807, 2.05) is 13.8 Å². The molecule has 1 amide bonds. The Hall–Kier alpha value is -1.69. The van der Waals surface area contributed by atoms with Gasteiger partial charge in [0.2, 0.25) is 0 Å². The Morgan fingerprint density at radius 1 is 1.32 bits per heavy atom. The lowest BCUT2D eigenvalue weighted by molar-refractivity contribution is -0.0498. The van der Waals surface area contributed by atoms with E-state index >= 15 is 0 Å². The average Bonchev–Trinajstić information content (AvgIpc) is 2.35. The van der Waals surface area contributed by atoms with Crippen molar-refractivity contribution >= 4 is 5.91 Å². The molecule has 0 heterocycles. The SMILES string of the molecule is CC(C)C(CO)NC(=O)c1ccc(OC(F)F)cc1. The Balaban J connectivity index is 2.67. The molecule has 0 aliphatic heterocycles. The topological polar surface area (TPSA) is 58.6 Å². The number of carbonyl (C=O) groups is 1. The fourth-order valence-electron chi connectivity index (χ4n) is 1.46. The molecule has 19 heavy (non-hydrogen) atoms. The first-order chi connectivity index (χ1) is 8.93. The van der Waals surface area contributed by atoms with Crippen molar-refractivity contribution in [1.29, 1.82) is 0 Å². The third kappa shape index (κ3) is 4.82. The summed E-state index contributed by atoms with van der Waals surface area (Å²) in [6, 6.07) is 5.03. The van der Waals surface area contributed by atoms with Crippen LogP contribution in [-0.4, -0.2) is 30.3 Å². The molecule has 2 N–H and O–H groups in total. The Morgan fingerprint density at radius 3 is 2.32 bits per heavy atom. The van der Waals surface area contributed by atoms with Crippen LogP contribution in [0.15, 0.2) is 24.3 Å². The van der Waals surface area contributed by atoms with E-state index in [9.17, 15) is 13.6 Å². The van der Waals surface area contributed by atoms with Crippen molar-refractivity contribution in [2.24, 2.45) is 5.92 Å². The molecule has 4 nitrogen and oxygen atoms in total. The van der Waals surface area contributed by atoms with Crippen molar-refractivity contribution in [2.45, 2.75) is 26.5 Å². The van der Waals surface area contributed by atoms with Crippen LogP contribution in [0, 0.1) is 5.92 Å². The summed E-state index contributed by atoms with van der Waals surface area (Å²) in [6.45, 7) is 0.705. The molecule has 1 aromatic rings. The Morgan fingerprint density at radius 2 is 1.89 bits per heavy atom. The van der Waals surface area contributed by atoms with E-state index in [1.54, 1.807) is 0 Å². The van der Waals surface area contributed by atoms with Gasteiger partial charge in [0.25, 0.3) is 5.91 Å². The van der Waals surface area contributed by atoms with Crippen LogP contribution in [0.2, 0.25) is 0 Å². The van der Waals surface area contributed by atoms with E-state index < -0.39 is 6.61 Å². The van der Waals surface area contributed by atoms with Crippen LogP contribution >= 0.6 is 0 Å². The van der Waals surface area contributed by atoms with Gasteiger partial charge in [0.1, 0.15) is 5.75 Å². The van der Waals surface area contributed by atoms with Gasteiger partial charge in [-0.1, -0.05) is 13.8 Å². The molecule has 0 radical (unpaired) electrons. The molecule has 0 bridgehead atoms. The summed E-state index contributed by atoms with van der Waals surface area (Å²) in [5, 5.41) is 11.8. The van der Waals surface area contributed by atoms with Crippen LogP contribution in [0.1, 0.15) is 24.2 Å². The molecule has 0 saturated carbocycles. The highest BCUT2D eigenvalue weighted by Crippen LogP contribution is 2.15. The molecule has 1 atom stereocenters. The van der Waals surface area contributed by atoms with Gasteiger partial charge in [0.05, 0.1) is 12.6 Å². The molecule has 106 valence electrons. The molecular weight excluding hydrogens is 256 g/mol. The first kappa shape index (κ1) is 15.4. The van der Waals surface area contributed by atoms with E-state index in [-0.39, 0.29) is 30.2 Å². The number of rotatable bonds is 6. The van der Waals surface area contributed by atoms with E-state index in [0.717, 1.165) is 0 Å². The maximum absolute atomic E-state index is 12.0. The number of aliphatic hydroxyl groups excluding tert-OH is 1.